The molecular formula is C11H14N2O2S2. The first-order valence-corrected chi connectivity index (χ1v) is 7.89. The van der Waals surface area contributed by atoms with E-state index in [9.17, 15) is 8.42 Å². The van der Waals surface area contributed by atoms with Gasteiger partial charge in [-0.2, -0.15) is 0 Å². The molecular weight excluding hydrogens is 256 g/mol. The van der Waals surface area contributed by atoms with Gasteiger partial charge in [0.1, 0.15) is 5.01 Å². The van der Waals surface area contributed by atoms with Gasteiger partial charge in [-0.1, -0.05) is 19.1 Å². The zero-order valence-corrected chi connectivity index (χ0v) is 11.1. The molecule has 0 aliphatic heterocycles. The van der Waals surface area contributed by atoms with E-state index in [1.54, 1.807) is 0 Å². The number of nitrogens with zero attached hydrogens (tertiary/aromatic N) is 1. The summed E-state index contributed by atoms with van der Waals surface area (Å²) in [6.07, 6.45) is 0.620. The van der Waals surface area contributed by atoms with Gasteiger partial charge in [-0.15, -0.1) is 11.3 Å². The van der Waals surface area contributed by atoms with Crippen molar-refractivity contribution in [3.63, 3.8) is 0 Å². The van der Waals surface area contributed by atoms with Gasteiger partial charge in [0.2, 0.25) is 10.0 Å². The quantitative estimate of drug-likeness (QED) is 0.905. The summed E-state index contributed by atoms with van der Waals surface area (Å²) in [5.74, 6) is 0.165. The molecule has 6 heteroatoms. The van der Waals surface area contributed by atoms with Gasteiger partial charge < -0.3 is 0 Å². The molecule has 1 N–H and O–H groups in total. The van der Waals surface area contributed by atoms with Crippen molar-refractivity contribution in [3.8, 4) is 0 Å². The highest BCUT2D eigenvalue weighted by Gasteiger charge is 2.10. The normalized spacial score (nSPS) is 12.1. The largest absolute Gasteiger partial charge is 0.240 e. The Morgan fingerprint density at radius 1 is 1.35 bits per heavy atom. The first-order chi connectivity index (χ1) is 8.11. The Kier molecular flexibility index (Phi) is 3.76. The number of benzene rings is 1. The van der Waals surface area contributed by atoms with Crippen LogP contribution in [0, 0.1) is 0 Å². The first-order valence-electron chi connectivity index (χ1n) is 5.42. The fourth-order valence-corrected chi connectivity index (χ4v) is 3.54. The summed E-state index contributed by atoms with van der Waals surface area (Å²) in [6.45, 7) is 2.12. The van der Waals surface area contributed by atoms with Crippen LogP contribution in [0.1, 0.15) is 18.4 Å². The Morgan fingerprint density at radius 2 is 2.12 bits per heavy atom. The third-order valence-electron chi connectivity index (χ3n) is 2.25. The maximum Gasteiger partial charge on any atom is 0.211 e. The molecule has 0 saturated heterocycles. The third-order valence-corrected chi connectivity index (χ3v) is 4.82. The molecule has 0 aliphatic carbocycles. The second-order valence-corrected chi connectivity index (χ2v) is 6.76. The van der Waals surface area contributed by atoms with Crippen molar-refractivity contribution in [1.82, 2.24) is 9.71 Å². The molecule has 0 amide bonds. The van der Waals surface area contributed by atoms with Crippen molar-refractivity contribution in [2.45, 2.75) is 19.9 Å². The van der Waals surface area contributed by atoms with Gasteiger partial charge in [-0.05, 0) is 18.6 Å². The minimum Gasteiger partial charge on any atom is -0.240 e. The monoisotopic (exact) mass is 270 g/mol. The summed E-state index contributed by atoms with van der Waals surface area (Å²) < 4.78 is 26.6. The summed E-state index contributed by atoms with van der Waals surface area (Å²) in [5.41, 5.74) is 0.919. The van der Waals surface area contributed by atoms with E-state index >= 15 is 0 Å². The molecule has 0 spiro atoms. The topological polar surface area (TPSA) is 59.1 Å². The highest BCUT2D eigenvalue weighted by atomic mass is 32.2. The molecule has 2 aromatic rings. The minimum absolute atomic E-state index is 0.165. The number of aromatic nitrogens is 1. The van der Waals surface area contributed by atoms with Crippen molar-refractivity contribution < 1.29 is 8.42 Å². The Hall–Kier alpha value is -0.980. The summed E-state index contributed by atoms with van der Waals surface area (Å²) >= 11 is 1.52. The maximum atomic E-state index is 11.5. The fourth-order valence-electron chi connectivity index (χ4n) is 1.51. The van der Waals surface area contributed by atoms with Gasteiger partial charge in [-0.3, -0.25) is 0 Å². The molecule has 1 aromatic carbocycles. The zero-order valence-electron chi connectivity index (χ0n) is 9.51. The molecule has 92 valence electrons. The summed E-state index contributed by atoms with van der Waals surface area (Å²) in [5, 5.41) is 0.797. The Bertz CT molecular complexity index is 572. The lowest BCUT2D eigenvalue weighted by atomic mass is 10.3. The van der Waals surface area contributed by atoms with Crippen molar-refractivity contribution in [2.75, 3.05) is 5.75 Å². The van der Waals surface area contributed by atoms with E-state index in [2.05, 4.69) is 9.71 Å². The van der Waals surface area contributed by atoms with Gasteiger partial charge >= 0.3 is 0 Å². The Morgan fingerprint density at radius 3 is 2.82 bits per heavy atom. The predicted octanol–water partition coefficient (Wildman–Crippen LogP) is 2.13. The number of nitrogens with one attached hydrogen (secondary N) is 1. The molecule has 0 atom stereocenters. The van der Waals surface area contributed by atoms with Crippen LogP contribution >= 0.6 is 11.3 Å². The molecule has 0 bridgehead atoms. The van der Waals surface area contributed by atoms with E-state index in [1.165, 1.54) is 11.3 Å². The lowest BCUT2D eigenvalue weighted by Gasteiger charge is -2.02. The second-order valence-electron chi connectivity index (χ2n) is 3.72. The number of rotatable bonds is 5. The Balaban J connectivity index is 2.09. The van der Waals surface area contributed by atoms with Crippen LogP contribution in [0.3, 0.4) is 0 Å². The van der Waals surface area contributed by atoms with Crippen LogP contribution in [0.5, 0.6) is 0 Å². The van der Waals surface area contributed by atoms with Crippen LogP contribution < -0.4 is 4.72 Å². The molecule has 4 nitrogen and oxygen atoms in total. The van der Waals surface area contributed by atoms with Crippen LogP contribution in [0.25, 0.3) is 10.2 Å². The van der Waals surface area contributed by atoms with E-state index in [-0.39, 0.29) is 12.3 Å². The number of hydrogen-bond acceptors (Lipinski definition) is 4. The number of hydrogen-bond donors (Lipinski definition) is 1. The number of fused-ring (bicyclic) bond motifs is 1. The third kappa shape index (κ3) is 3.24. The lowest BCUT2D eigenvalue weighted by Crippen LogP contribution is -2.25. The highest BCUT2D eigenvalue weighted by Crippen LogP contribution is 2.21. The van der Waals surface area contributed by atoms with Crippen LogP contribution in [-0.4, -0.2) is 19.2 Å². The predicted molar refractivity (Wildman–Crippen MR) is 70.5 cm³/mol. The molecule has 17 heavy (non-hydrogen) atoms. The number of thiazole rings is 1. The van der Waals surface area contributed by atoms with Gasteiger partial charge in [0.15, 0.2) is 0 Å². The molecule has 0 radical (unpaired) electrons. The van der Waals surface area contributed by atoms with E-state index < -0.39 is 10.0 Å². The van der Waals surface area contributed by atoms with Gasteiger partial charge in [0.05, 0.1) is 22.5 Å². The highest BCUT2D eigenvalue weighted by molar-refractivity contribution is 7.89. The molecule has 1 aromatic heterocycles. The SMILES string of the molecule is CCCS(=O)(=O)NCc1nc2ccccc2s1. The number of para-hydroxylation sites is 1. The summed E-state index contributed by atoms with van der Waals surface area (Å²) in [6, 6.07) is 7.78. The van der Waals surface area contributed by atoms with Crippen molar-refractivity contribution in [1.29, 1.82) is 0 Å². The van der Waals surface area contributed by atoms with Crippen LogP contribution in [0.4, 0.5) is 0 Å². The molecule has 2 rings (SSSR count). The standard InChI is InChI=1S/C11H14N2O2S2/c1-2-7-17(14,15)12-8-11-13-9-5-3-4-6-10(9)16-11/h3-6,12H,2,7-8H2,1H3. The Labute approximate surface area is 105 Å². The minimum atomic E-state index is -3.15. The molecule has 0 fully saturated rings. The zero-order chi connectivity index (χ0) is 12.3. The van der Waals surface area contributed by atoms with Crippen molar-refractivity contribution in [3.05, 3.63) is 29.3 Å². The van der Waals surface area contributed by atoms with E-state index in [4.69, 9.17) is 0 Å². The van der Waals surface area contributed by atoms with Gasteiger partial charge in [0.25, 0.3) is 0 Å². The second kappa shape index (κ2) is 5.12. The maximum absolute atomic E-state index is 11.5. The van der Waals surface area contributed by atoms with E-state index in [0.29, 0.717) is 6.42 Å². The first kappa shape index (κ1) is 12.5. The summed E-state index contributed by atoms with van der Waals surface area (Å²) in [7, 11) is -3.15. The average Bonchev–Trinajstić information content (AvgIpc) is 2.69. The molecule has 0 unspecified atom stereocenters. The molecule has 1 heterocycles. The summed E-state index contributed by atoms with van der Waals surface area (Å²) in [4.78, 5) is 4.37. The average molecular weight is 270 g/mol. The van der Waals surface area contributed by atoms with E-state index in [0.717, 1.165) is 15.2 Å². The van der Waals surface area contributed by atoms with Gasteiger partial charge in [0, 0.05) is 0 Å². The van der Waals surface area contributed by atoms with Crippen molar-refractivity contribution >= 4 is 31.6 Å². The van der Waals surface area contributed by atoms with Gasteiger partial charge in [-0.25, -0.2) is 18.1 Å². The van der Waals surface area contributed by atoms with Crippen LogP contribution in [0.15, 0.2) is 24.3 Å². The smallest absolute Gasteiger partial charge is 0.211 e. The lowest BCUT2D eigenvalue weighted by molar-refractivity contribution is 0.580. The van der Waals surface area contributed by atoms with Crippen LogP contribution in [0.2, 0.25) is 0 Å². The van der Waals surface area contributed by atoms with Crippen molar-refractivity contribution in [2.24, 2.45) is 0 Å². The van der Waals surface area contributed by atoms with Crippen LogP contribution in [-0.2, 0) is 16.6 Å². The van der Waals surface area contributed by atoms with E-state index in [1.807, 2.05) is 31.2 Å². The fraction of sp³-hybridized carbons (Fsp3) is 0.364. The molecule has 0 saturated carbocycles. The number of sulfonamides is 1. The molecule has 0 aliphatic rings.